The topological polar surface area (TPSA) is 26.3 Å². The number of thiophene rings is 1. The van der Waals surface area contributed by atoms with Crippen molar-refractivity contribution in [3.63, 3.8) is 0 Å². The first-order valence-corrected chi connectivity index (χ1v) is 10.7. The van der Waals surface area contributed by atoms with Gasteiger partial charge in [0.15, 0.2) is 0 Å². The summed E-state index contributed by atoms with van der Waals surface area (Å²) in [6.07, 6.45) is 0. The largest absolute Gasteiger partial charge is 0.457 e. The van der Waals surface area contributed by atoms with Crippen molar-refractivity contribution in [1.29, 1.82) is 0 Å². The summed E-state index contributed by atoms with van der Waals surface area (Å²) in [5, 5.41) is 0. The Morgan fingerprint density at radius 1 is 1.16 bits per heavy atom. The Kier molecular flexibility index (Phi) is 2.87. The van der Waals surface area contributed by atoms with Crippen molar-refractivity contribution in [3.05, 3.63) is 41.5 Å². The maximum absolute atomic E-state index is 12.0. The van der Waals surface area contributed by atoms with Crippen molar-refractivity contribution in [2.45, 2.75) is 26.2 Å². The number of rotatable bonds is 2. The second kappa shape index (κ2) is 4.32. The van der Waals surface area contributed by atoms with Gasteiger partial charge < -0.3 is 4.74 Å². The van der Waals surface area contributed by atoms with Crippen LogP contribution in [-0.4, -0.2) is 14.0 Å². The highest BCUT2D eigenvalue weighted by Gasteiger charge is 2.35. The van der Waals surface area contributed by atoms with Gasteiger partial charge in [-0.05, 0) is 10.1 Å². The number of fused-ring (bicyclic) bond motifs is 1. The monoisotopic (exact) mass is 288 g/mol. The predicted octanol–water partition coefficient (Wildman–Crippen LogP) is 3.63. The summed E-state index contributed by atoms with van der Waals surface area (Å²) in [5.74, 6) is -0.158. The Hall–Kier alpha value is -1.39. The molecular weight excluding hydrogens is 272 g/mol. The molecule has 2 aromatic rings. The second-order valence-corrected chi connectivity index (χ2v) is 12.2. The molecule has 98 valence electrons. The van der Waals surface area contributed by atoms with Crippen LogP contribution in [0.5, 0.6) is 0 Å². The van der Waals surface area contributed by atoms with Gasteiger partial charge in [0, 0.05) is 10.4 Å². The SMILES string of the molecule is C[Si](C)(C)c1sc(-c2ccccc2)c2c1COC2=O. The highest BCUT2D eigenvalue weighted by atomic mass is 32.1. The van der Waals surface area contributed by atoms with E-state index in [4.69, 9.17) is 4.74 Å². The van der Waals surface area contributed by atoms with E-state index in [0.717, 1.165) is 21.6 Å². The van der Waals surface area contributed by atoms with E-state index in [2.05, 4.69) is 31.8 Å². The third-order valence-electron chi connectivity index (χ3n) is 3.28. The van der Waals surface area contributed by atoms with Crippen LogP contribution in [0.2, 0.25) is 19.6 Å². The van der Waals surface area contributed by atoms with Gasteiger partial charge in [-0.15, -0.1) is 11.3 Å². The molecule has 0 unspecified atom stereocenters. The van der Waals surface area contributed by atoms with Gasteiger partial charge in [0.05, 0.1) is 13.6 Å². The van der Waals surface area contributed by atoms with Crippen LogP contribution in [-0.2, 0) is 11.3 Å². The Labute approximate surface area is 118 Å². The average molecular weight is 288 g/mol. The van der Waals surface area contributed by atoms with Crippen LogP contribution in [0.3, 0.4) is 0 Å². The van der Waals surface area contributed by atoms with E-state index >= 15 is 0 Å². The smallest absolute Gasteiger partial charge is 0.340 e. The fraction of sp³-hybridized carbons (Fsp3) is 0.267. The quantitative estimate of drug-likeness (QED) is 0.623. The lowest BCUT2D eigenvalue weighted by Gasteiger charge is -2.15. The molecule has 1 aromatic heterocycles. The van der Waals surface area contributed by atoms with Gasteiger partial charge in [-0.3, -0.25) is 0 Å². The Bertz CT molecular complexity index is 638. The van der Waals surface area contributed by atoms with Gasteiger partial charge in [0.25, 0.3) is 0 Å². The molecule has 0 atom stereocenters. The zero-order valence-electron chi connectivity index (χ0n) is 11.3. The minimum Gasteiger partial charge on any atom is -0.457 e. The first-order valence-electron chi connectivity index (χ1n) is 6.37. The van der Waals surface area contributed by atoms with Gasteiger partial charge in [-0.1, -0.05) is 50.0 Å². The minimum atomic E-state index is -1.45. The third kappa shape index (κ3) is 2.05. The molecule has 0 aliphatic carbocycles. The van der Waals surface area contributed by atoms with Crippen molar-refractivity contribution in [1.82, 2.24) is 0 Å². The summed E-state index contributed by atoms with van der Waals surface area (Å²) in [6.45, 7) is 7.40. The van der Waals surface area contributed by atoms with Crippen LogP contribution in [0.15, 0.2) is 30.3 Å². The highest BCUT2D eigenvalue weighted by Crippen LogP contribution is 2.37. The number of hydrogen-bond donors (Lipinski definition) is 0. The fourth-order valence-corrected chi connectivity index (χ4v) is 6.11. The van der Waals surface area contributed by atoms with Gasteiger partial charge in [0.1, 0.15) is 6.61 Å². The number of cyclic esters (lactones) is 1. The van der Waals surface area contributed by atoms with Gasteiger partial charge in [-0.2, -0.15) is 0 Å². The Morgan fingerprint density at radius 3 is 2.47 bits per heavy atom. The van der Waals surface area contributed by atoms with E-state index < -0.39 is 8.07 Å². The zero-order chi connectivity index (χ0) is 13.6. The highest BCUT2D eigenvalue weighted by molar-refractivity contribution is 7.29. The van der Waals surface area contributed by atoms with E-state index in [9.17, 15) is 4.79 Å². The molecule has 0 fully saturated rings. The van der Waals surface area contributed by atoms with E-state index in [1.165, 1.54) is 4.50 Å². The summed E-state index contributed by atoms with van der Waals surface area (Å²) >= 11 is 1.79. The molecule has 0 N–H and O–H groups in total. The third-order valence-corrected chi connectivity index (χ3v) is 8.18. The lowest BCUT2D eigenvalue weighted by atomic mass is 10.1. The predicted molar refractivity (Wildman–Crippen MR) is 81.9 cm³/mol. The molecule has 1 aromatic carbocycles. The molecule has 3 rings (SSSR count). The maximum atomic E-state index is 12.0. The van der Waals surface area contributed by atoms with Crippen LogP contribution >= 0.6 is 11.3 Å². The van der Waals surface area contributed by atoms with Crippen molar-refractivity contribution in [3.8, 4) is 10.4 Å². The second-order valence-electron chi connectivity index (χ2n) is 5.81. The van der Waals surface area contributed by atoms with Crippen molar-refractivity contribution in [2.75, 3.05) is 0 Å². The van der Waals surface area contributed by atoms with Crippen LogP contribution in [0.1, 0.15) is 15.9 Å². The summed E-state index contributed by atoms with van der Waals surface area (Å²) in [4.78, 5) is 13.1. The van der Waals surface area contributed by atoms with Gasteiger partial charge in [0.2, 0.25) is 0 Å². The molecule has 0 amide bonds. The number of carbonyl (C=O) groups is 1. The minimum absolute atomic E-state index is 0.158. The maximum Gasteiger partial charge on any atom is 0.340 e. The molecule has 1 aliphatic heterocycles. The molecule has 0 bridgehead atoms. The zero-order valence-corrected chi connectivity index (χ0v) is 13.1. The van der Waals surface area contributed by atoms with E-state index in [1.807, 2.05) is 18.2 Å². The molecule has 1 aliphatic rings. The lowest BCUT2D eigenvalue weighted by molar-refractivity contribution is 0.0536. The number of hydrogen-bond acceptors (Lipinski definition) is 3. The number of esters is 1. The Morgan fingerprint density at radius 2 is 1.84 bits per heavy atom. The van der Waals surface area contributed by atoms with E-state index in [-0.39, 0.29) is 5.97 Å². The van der Waals surface area contributed by atoms with Crippen LogP contribution in [0.25, 0.3) is 10.4 Å². The van der Waals surface area contributed by atoms with E-state index in [1.54, 1.807) is 11.3 Å². The van der Waals surface area contributed by atoms with Crippen molar-refractivity contribution in [2.24, 2.45) is 0 Å². The Balaban J connectivity index is 2.25. The van der Waals surface area contributed by atoms with Crippen LogP contribution in [0.4, 0.5) is 0 Å². The molecule has 0 spiro atoms. The van der Waals surface area contributed by atoms with Gasteiger partial charge in [-0.25, -0.2) is 4.79 Å². The van der Waals surface area contributed by atoms with Gasteiger partial charge >= 0.3 is 5.97 Å². The standard InChI is InChI=1S/C15H16O2SSi/c1-19(2,3)15-11-9-17-14(16)12(11)13(18-15)10-7-5-4-6-8-10/h4-8H,9H2,1-3H3. The number of benzene rings is 1. The molecule has 0 saturated carbocycles. The first-order chi connectivity index (χ1) is 8.98. The summed E-state index contributed by atoms with van der Waals surface area (Å²) in [5.41, 5.74) is 3.08. The van der Waals surface area contributed by atoms with Crippen LogP contribution in [0, 0.1) is 0 Å². The summed E-state index contributed by atoms with van der Waals surface area (Å²) < 4.78 is 6.65. The molecule has 2 heterocycles. The normalized spacial score (nSPS) is 14.4. The molecule has 19 heavy (non-hydrogen) atoms. The first kappa shape index (κ1) is 12.6. The molecule has 0 radical (unpaired) electrons. The van der Waals surface area contributed by atoms with Crippen LogP contribution < -0.4 is 4.50 Å². The van der Waals surface area contributed by atoms with E-state index in [0.29, 0.717) is 6.61 Å². The van der Waals surface area contributed by atoms with Crippen molar-refractivity contribution < 1.29 is 9.53 Å². The fourth-order valence-electron chi connectivity index (χ4n) is 2.43. The summed E-state index contributed by atoms with van der Waals surface area (Å²) in [6, 6.07) is 10.1. The summed E-state index contributed by atoms with van der Waals surface area (Å²) in [7, 11) is -1.45. The number of carbonyl (C=O) groups excluding carboxylic acids is 1. The lowest BCUT2D eigenvalue weighted by Crippen LogP contribution is -2.37. The molecule has 2 nitrogen and oxygen atoms in total. The molecule has 0 saturated heterocycles. The molecular formula is C15H16O2SSi. The number of ether oxygens (including phenoxy) is 1. The molecule has 4 heteroatoms. The average Bonchev–Trinajstić information content (AvgIpc) is 2.91. The van der Waals surface area contributed by atoms with Crippen molar-refractivity contribution >= 4 is 29.9 Å².